The number of Topliss-reactive ketones (excluding diaryl/α,β-unsaturated/α-hetero) is 1. The lowest BCUT2D eigenvalue weighted by atomic mass is 9.63. The van der Waals surface area contributed by atoms with E-state index in [1.807, 2.05) is 0 Å². The van der Waals surface area contributed by atoms with E-state index in [9.17, 15) is 19.2 Å². The van der Waals surface area contributed by atoms with Gasteiger partial charge in [0.15, 0.2) is 5.78 Å². The quantitative estimate of drug-likeness (QED) is 0.495. The number of likely N-dealkylation sites (tertiary alicyclic amines) is 1. The smallest absolute Gasteiger partial charge is 0.247 e. The Kier molecular flexibility index (Phi) is 3.63. The number of hydrogen-bond donors (Lipinski definition) is 1. The van der Waals surface area contributed by atoms with Crippen LogP contribution in [0.15, 0.2) is 36.4 Å². The van der Waals surface area contributed by atoms with E-state index in [4.69, 9.17) is 0 Å². The second kappa shape index (κ2) is 5.87. The maximum absolute atomic E-state index is 13.1. The van der Waals surface area contributed by atoms with Crippen LogP contribution in [0.3, 0.4) is 0 Å². The largest absolute Gasteiger partial charge is 0.324 e. The molecule has 6 nitrogen and oxygen atoms in total. The summed E-state index contributed by atoms with van der Waals surface area (Å²) >= 11 is 0. The molecule has 1 aromatic rings. The van der Waals surface area contributed by atoms with E-state index in [0.29, 0.717) is 23.1 Å². The van der Waals surface area contributed by atoms with E-state index in [-0.39, 0.29) is 41.3 Å². The van der Waals surface area contributed by atoms with Gasteiger partial charge in [0.05, 0.1) is 11.8 Å². The first-order valence-electron chi connectivity index (χ1n) is 9.85. The van der Waals surface area contributed by atoms with E-state index >= 15 is 0 Å². The Bertz CT molecular complexity index is 916. The minimum atomic E-state index is -0.887. The van der Waals surface area contributed by atoms with E-state index in [2.05, 4.69) is 17.5 Å². The second-order valence-electron chi connectivity index (χ2n) is 8.50. The van der Waals surface area contributed by atoms with Gasteiger partial charge in [-0.15, -0.1) is 0 Å². The van der Waals surface area contributed by atoms with Gasteiger partial charge in [-0.2, -0.15) is 0 Å². The van der Waals surface area contributed by atoms with Gasteiger partial charge in [-0.05, 0) is 56.1 Å². The van der Waals surface area contributed by atoms with Crippen LogP contribution in [0, 0.1) is 35.5 Å². The van der Waals surface area contributed by atoms with Crippen LogP contribution in [0.2, 0.25) is 0 Å². The number of carbonyl (C=O) groups excluding carboxylic acids is 4. The number of rotatable bonds is 4. The summed E-state index contributed by atoms with van der Waals surface area (Å²) in [5, 5.41) is 2.74. The molecule has 2 saturated carbocycles. The molecule has 2 bridgehead atoms. The van der Waals surface area contributed by atoms with Gasteiger partial charge in [0.25, 0.3) is 0 Å². The van der Waals surface area contributed by atoms with Crippen LogP contribution in [0.25, 0.3) is 0 Å². The molecule has 7 atom stereocenters. The zero-order valence-electron chi connectivity index (χ0n) is 15.8. The van der Waals surface area contributed by atoms with Crippen molar-refractivity contribution < 1.29 is 19.2 Å². The summed E-state index contributed by atoms with van der Waals surface area (Å²) in [6, 6.07) is 5.75. The summed E-state index contributed by atoms with van der Waals surface area (Å²) in [6.07, 6.45) is 5.35. The molecule has 1 saturated heterocycles. The Labute approximate surface area is 163 Å². The molecular weight excluding hydrogens is 356 g/mol. The van der Waals surface area contributed by atoms with Gasteiger partial charge >= 0.3 is 0 Å². The molecule has 1 aromatic carbocycles. The molecule has 1 heterocycles. The van der Waals surface area contributed by atoms with Crippen molar-refractivity contribution in [1.82, 2.24) is 4.90 Å². The number of hydrogen-bond acceptors (Lipinski definition) is 4. The molecule has 0 unspecified atom stereocenters. The van der Waals surface area contributed by atoms with Crippen molar-refractivity contribution in [2.75, 3.05) is 5.32 Å². The Morgan fingerprint density at radius 2 is 1.68 bits per heavy atom. The third-order valence-electron chi connectivity index (χ3n) is 7.00. The fraction of sp³-hybridized carbons (Fsp3) is 0.455. The SMILES string of the molecule is CC(=O)c1cccc(NC(=O)[C@H](C)N2C(=O)[C@@H]3[C@@H]4C=C[C@@H]([C@H]5C[C@@H]45)[C@@H]3C2=O)c1. The summed E-state index contributed by atoms with van der Waals surface area (Å²) in [5.74, 6) is -0.193. The Balaban J connectivity index is 1.36. The highest BCUT2D eigenvalue weighted by atomic mass is 16.2. The number of benzene rings is 1. The molecular formula is C22H22N2O4. The van der Waals surface area contributed by atoms with Crippen LogP contribution in [0.4, 0.5) is 5.69 Å². The molecule has 6 rings (SSSR count). The number of ketones is 1. The lowest BCUT2D eigenvalue weighted by Crippen LogP contribution is -2.46. The highest BCUT2D eigenvalue weighted by Crippen LogP contribution is 2.65. The summed E-state index contributed by atoms with van der Waals surface area (Å²) in [6.45, 7) is 3.05. The highest BCUT2D eigenvalue weighted by Gasteiger charge is 2.67. The van der Waals surface area contributed by atoms with Gasteiger partial charge in [0.1, 0.15) is 6.04 Å². The molecule has 4 aliphatic carbocycles. The average molecular weight is 378 g/mol. The Morgan fingerprint density at radius 3 is 2.25 bits per heavy atom. The molecule has 3 amide bonds. The minimum Gasteiger partial charge on any atom is -0.324 e. The number of allylic oxidation sites excluding steroid dienone is 2. The lowest BCUT2D eigenvalue weighted by Gasteiger charge is -2.37. The first-order valence-corrected chi connectivity index (χ1v) is 9.85. The molecule has 0 aromatic heterocycles. The van der Waals surface area contributed by atoms with Crippen LogP contribution in [0.5, 0.6) is 0 Å². The standard InChI is InChI=1S/C22H22N2O4/c1-10(20(26)23-13-5-3-4-12(8-13)11(2)25)24-21(27)18-14-6-7-15(17-9-16(14)17)19(18)22(24)28/h3-8,10,14-19H,9H2,1-2H3,(H,23,26)/t10-,14-,15+,16+,17-,18-,19+/m0/s1. The fourth-order valence-electron chi connectivity index (χ4n) is 5.54. The van der Waals surface area contributed by atoms with Gasteiger partial charge in [-0.1, -0.05) is 24.3 Å². The number of nitrogens with one attached hydrogen (secondary N) is 1. The van der Waals surface area contributed by atoms with Crippen molar-refractivity contribution >= 4 is 29.2 Å². The predicted molar refractivity (Wildman–Crippen MR) is 101 cm³/mol. The molecule has 0 spiro atoms. The van der Waals surface area contributed by atoms with Crippen molar-refractivity contribution in [2.24, 2.45) is 35.5 Å². The van der Waals surface area contributed by atoms with Crippen molar-refractivity contribution in [1.29, 1.82) is 0 Å². The molecule has 1 aliphatic heterocycles. The number of nitrogens with zero attached hydrogens (tertiary/aromatic N) is 1. The van der Waals surface area contributed by atoms with Gasteiger partial charge < -0.3 is 5.32 Å². The third-order valence-corrected chi connectivity index (χ3v) is 7.00. The van der Waals surface area contributed by atoms with E-state index in [1.54, 1.807) is 31.2 Å². The topological polar surface area (TPSA) is 83.6 Å². The molecule has 3 fully saturated rings. The maximum Gasteiger partial charge on any atom is 0.247 e. The first kappa shape index (κ1) is 17.3. The van der Waals surface area contributed by atoms with E-state index in [1.165, 1.54) is 11.8 Å². The van der Waals surface area contributed by atoms with Crippen molar-refractivity contribution in [3.8, 4) is 0 Å². The second-order valence-corrected chi connectivity index (χ2v) is 8.50. The van der Waals surface area contributed by atoms with Gasteiger partial charge in [0, 0.05) is 11.3 Å². The van der Waals surface area contributed by atoms with E-state index < -0.39 is 11.9 Å². The first-order chi connectivity index (χ1) is 13.4. The minimum absolute atomic E-state index is 0.0975. The van der Waals surface area contributed by atoms with Crippen LogP contribution in [0.1, 0.15) is 30.6 Å². The molecule has 1 N–H and O–H groups in total. The maximum atomic E-state index is 13.1. The van der Waals surface area contributed by atoms with Crippen LogP contribution in [-0.2, 0) is 14.4 Å². The van der Waals surface area contributed by atoms with Gasteiger partial charge in [-0.25, -0.2) is 0 Å². The number of carbonyl (C=O) groups is 4. The van der Waals surface area contributed by atoms with Crippen molar-refractivity contribution in [3.63, 3.8) is 0 Å². The number of imide groups is 1. The monoisotopic (exact) mass is 378 g/mol. The molecule has 0 radical (unpaired) electrons. The number of anilines is 1. The number of amides is 3. The summed E-state index contributed by atoms with van der Waals surface area (Å²) < 4.78 is 0. The fourth-order valence-corrected chi connectivity index (χ4v) is 5.54. The molecule has 28 heavy (non-hydrogen) atoms. The predicted octanol–water partition coefficient (Wildman–Crippen LogP) is 2.27. The zero-order valence-corrected chi connectivity index (χ0v) is 15.8. The third kappa shape index (κ3) is 2.33. The highest BCUT2D eigenvalue weighted by molar-refractivity contribution is 6.10. The lowest BCUT2D eigenvalue weighted by molar-refractivity contribution is -0.146. The molecule has 5 aliphatic rings. The summed E-state index contributed by atoms with van der Waals surface area (Å²) in [4.78, 5) is 51.7. The van der Waals surface area contributed by atoms with Crippen LogP contribution in [-0.4, -0.2) is 34.4 Å². The van der Waals surface area contributed by atoms with Crippen molar-refractivity contribution in [3.05, 3.63) is 42.0 Å². The summed E-state index contributed by atoms with van der Waals surface area (Å²) in [5.41, 5.74) is 0.968. The van der Waals surface area contributed by atoms with Crippen LogP contribution >= 0.6 is 0 Å². The van der Waals surface area contributed by atoms with Crippen molar-refractivity contribution in [2.45, 2.75) is 26.3 Å². The zero-order chi connectivity index (χ0) is 19.7. The molecule has 6 heteroatoms. The van der Waals surface area contributed by atoms with Crippen LogP contribution < -0.4 is 5.32 Å². The van der Waals surface area contributed by atoms with Gasteiger partial charge in [0.2, 0.25) is 17.7 Å². The Hall–Kier alpha value is -2.76. The van der Waals surface area contributed by atoms with Gasteiger partial charge in [-0.3, -0.25) is 24.1 Å². The Morgan fingerprint density at radius 1 is 1.07 bits per heavy atom. The summed E-state index contributed by atoms with van der Waals surface area (Å²) in [7, 11) is 0. The normalized spacial score (nSPS) is 35.4. The van der Waals surface area contributed by atoms with E-state index in [0.717, 1.165) is 6.42 Å². The molecule has 144 valence electrons. The average Bonchev–Trinajstić information content (AvgIpc) is 3.45.